The van der Waals surface area contributed by atoms with Crippen molar-refractivity contribution in [3.63, 3.8) is 0 Å². The van der Waals surface area contributed by atoms with Gasteiger partial charge in [0.1, 0.15) is 11.6 Å². The molecule has 18 heavy (non-hydrogen) atoms. The van der Waals surface area contributed by atoms with Gasteiger partial charge in [0.2, 0.25) is 0 Å². The number of anilines is 2. The first-order valence-electron chi connectivity index (χ1n) is 6.63. The van der Waals surface area contributed by atoms with Gasteiger partial charge in [-0.25, -0.2) is 9.97 Å². The van der Waals surface area contributed by atoms with Crippen LogP contribution in [0.1, 0.15) is 26.7 Å². The molecule has 2 rings (SSSR count). The molecule has 0 saturated heterocycles. The van der Waals surface area contributed by atoms with Gasteiger partial charge >= 0.3 is 0 Å². The van der Waals surface area contributed by atoms with E-state index in [-0.39, 0.29) is 0 Å². The topological polar surface area (TPSA) is 49.8 Å². The fourth-order valence-electron chi connectivity index (χ4n) is 1.98. The van der Waals surface area contributed by atoms with Gasteiger partial charge in [-0.1, -0.05) is 18.7 Å². The van der Waals surface area contributed by atoms with Crippen LogP contribution in [0.15, 0.2) is 11.2 Å². The van der Waals surface area contributed by atoms with E-state index in [2.05, 4.69) is 34.4 Å². The lowest BCUT2D eigenvalue weighted by atomic mass is 10.1. The van der Waals surface area contributed by atoms with Gasteiger partial charge < -0.3 is 10.6 Å². The minimum Gasteiger partial charge on any atom is -0.370 e. The molecule has 0 amide bonds. The van der Waals surface area contributed by atoms with Gasteiger partial charge in [-0.05, 0) is 37.9 Å². The number of hydrogen-bond donors (Lipinski definition) is 2. The summed E-state index contributed by atoms with van der Waals surface area (Å²) in [7, 11) is 0. The summed E-state index contributed by atoms with van der Waals surface area (Å²) in [6, 6.07) is 1.99. The summed E-state index contributed by atoms with van der Waals surface area (Å²) in [5, 5.41) is 7.49. The predicted octanol–water partition coefficient (Wildman–Crippen LogP) is 3.09. The lowest BCUT2D eigenvalue weighted by Gasteiger charge is -2.13. The highest BCUT2D eigenvalue weighted by Gasteiger charge is 2.27. The van der Waals surface area contributed by atoms with Crippen molar-refractivity contribution >= 4 is 23.4 Å². The van der Waals surface area contributed by atoms with Crippen LogP contribution >= 0.6 is 11.8 Å². The van der Waals surface area contributed by atoms with Crippen molar-refractivity contribution in [2.24, 2.45) is 11.8 Å². The zero-order valence-electron chi connectivity index (χ0n) is 11.4. The quantitative estimate of drug-likeness (QED) is 0.586. The first kappa shape index (κ1) is 13.5. The highest BCUT2D eigenvalue weighted by molar-refractivity contribution is 7.98. The maximum Gasteiger partial charge on any atom is 0.191 e. The van der Waals surface area contributed by atoms with E-state index < -0.39 is 0 Å². The molecular weight excluding hydrogens is 244 g/mol. The first-order valence-corrected chi connectivity index (χ1v) is 7.86. The summed E-state index contributed by atoms with van der Waals surface area (Å²) in [6.45, 7) is 6.26. The largest absolute Gasteiger partial charge is 0.370 e. The van der Waals surface area contributed by atoms with Crippen molar-refractivity contribution in [1.82, 2.24) is 9.97 Å². The second-order valence-corrected chi connectivity index (χ2v) is 5.62. The standard InChI is InChI=1S/C13H22N4S/c1-4-14-11-7-12(17-13(16-11)18-3)15-8-9(2)10-5-6-10/h7,9-10H,4-6,8H2,1-3H3,(H2,14,15,16,17). The molecule has 0 radical (unpaired) electrons. The Kier molecular flexibility index (Phi) is 4.69. The van der Waals surface area contributed by atoms with Crippen LogP contribution in [-0.4, -0.2) is 29.3 Å². The van der Waals surface area contributed by atoms with Gasteiger partial charge in [-0.2, -0.15) is 0 Å². The summed E-state index contributed by atoms with van der Waals surface area (Å²) in [6.07, 6.45) is 4.79. The highest BCUT2D eigenvalue weighted by Crippen LogP contribution is 2.36. The third-order valence-electron chi connectivity index (χ3n) is 3.28. The van der Waals surface area contributed by atoms with Gasteiger partial charge in [0, 0.05) is 19.2 Å². The van der Waals surface area contributed by atoms with Crippen LogP contribution in [0.2, 0.25) is 0 Å². The summed E-state index contributed by atoms with van der Waals surface area (Å²) in [4.78, 5) is 8.90. The predicted molar refractivity (Wildman–Crippen MR) is 78.4 cm³/mol. The first-order chi connectivity index (χ1) is 8.72. The number of aromatic nitrogens is 2. The summed E-state index contributed by atoms with van der Waals surface area (Å²) < 4.78 is 0. The van der Waals surface area contributed by atoms with Gasteiger partial charge in [-0.3, -0.25) is 0 Å². The summed E-state index contributed by atoms with van der Waals surface area (Å²) in [5.41, 5.74) is 0. The molecule has 0 aliphatic heterocycles. The molecule has 1 fully saturated rings. The lowest BCUT2D eigenvalue weighted by molar-refractivity contribution is 0.535. The molecule has 1 aliphatic carbocycles. The summed E-state index contributed by atoms with van der Waals surface area (Å²) >= 11 is 1.57. The van der Waals surface area contributed by atoms with E-state index in [0.29, 0.717) is 0 Å². The van der Waals surface area contributed by atoms with Crippen molar-refractivity contribution in [3.05, 3.63) is 6.07 Å². The minimum absolute atomic E-state index is 0.736. The van der Waals surface area contributed by atoms with E-state index in [1.807, 2.05) is 12.3 Å². The van der Waals surface area contributed by atoms with Crippen molar-refractivity contribution in [2.45, 2.75) is 31.8 Å². The molecule has 4 nitrogen and oxygen atoms in total. The zero-order chi connectivity index (χ0) is 13.0. The van der Waals surface area contributed by atoms with Gasteiger partial charge in [-0.15, -0.1) is 0 Å². The average Bonchev–Trinajstić information content (AvgIpc) is 3.20. The minimum atomic E-state index is 0.736. The molecule has 100 valence electrons. The molecule has 1 aromatic rings. The summed E-state index contributed by atoms with van der Waals surface area (Å²) in [5.74, 6) is 3.49. The zero-order valence-corrected chi connectivity index (χ0v) is 12.2. The van der Waals surface area contributed by atoms with Crippen LogP contribution < -0.4 is 10.6 Å². The molecule has 1 unspecified atom stereocenters. The maximum absolute atomic E-state index is 4.49. The van der Waals surface area contributed by atoms with Crippen molar-refractivity contribution in [2.75, 3.05) is 30.0 Å². The third-order valence-corrected chi connectivity index (χ3v) is 3.83. The second kappa shape index (κ2) is 6.27. The van der Waals surface area contributed by atoms with Crippen LogP contribution in [0.4, 0.5) is 11.6 Å². The fourth-order valence-corrected chi connectivity index (χ4v) is 2.36. The van der Waals surface area contributed by atoms with Crippen molar-refractivity contribution < 1.29 is 0 Å². The molecule has 5 heteroatoms. The Labute approximate surface area is 113 Å². The Balaban J connectivity index is 1.98. The third kappa shape index (κ3) is 3.77. The number of rotatable bonds is 7. The molecule has 0 bridgehead atoms. The Morgan fingerprint density at radius 2 is 2.00 bits per heavy atom. The van der Waals surface area contributed by atoms with Crippen LogP contribution in [0.3, 0.4) is 0 Å². The number of nitrogens with one attached hydrogen (secondary N) is 2. The Morgan fingerprint density at radius 3 is 2.56 bits per heavy atom. The average molecular weight is 266 g/mol. The van der Waals surface area contributed by atoms with Gasteiger partial charge in [0.05, 0.1) is 0 Å². The maximum atomic E-state index is 4.49. The Bertz CT molecular complexity index is 393. The Morgan fingerprint density at radius 1 is 1.33 bits per heavy atom. The van der Waals surface area contributed by atoms with E-state index in [1.54, 1.807) is 11.8 Å². The van der Waals surface area contributed by atoms with Crippen molar-refractivity contribution in [3.8, 4) is 0 Å². The van der Waals surface area contributed by atoms with Gasteiger partial charge in [0.15, 0.2) is 5.16 Å². The van der Waals surface area contributed by atoms with Crippen LogP contribution in [0.25, 0.3) is 0 Å². The van der Waals surface area contributed by atoms with E-state index in [1.165, 1.54) is 12.8 Å². The molecule has 1 aromatic heterocycles. The van der Waals surface area contributed by atoms with Crippen LogP contribution in [0, 0.1) is 11.8 Å². The number of thioether (sulfide) groups is 1. The second-order valence-electron chi connectivity index (χ2n) is 4.85. The molecule has 1 atom stereocenters. The molecule has 2 N–H and O–H groups in total. The monoisotopic (exact) mass is 266 g/mol. The van der Waals surface area contributed by atoms with E-state index in [0.717, 1.165) is 41.7 Å². The smallest absolute Gasteiger partial charge is 0.191 e. The van der Waals surface area contributed by atoms with E-state index in [4.69, 9.17) is 0 Å². The highest BCUT2D eigenvalue weighted by atomic mass is 32.2. The van der Waals surface area contributed by atoms with E-state index in [9.17, 15) is 0 Å². The molecule has 0 aromatic carbocycles. The fraction of sp³-hybridized carbons (Fsp3) is 0.692. The number of hydrogen-bond acceptors (Lipinski definition) is 5. The van der Waals surface area contributed by atoms with Gasteiger partial charge in [0.25, 0.3) is 0 Å². The molecule has 1 aliphatic rings. The SMILES string of the molecule is CCNc1cc(NCC(C)C2CC2)nc(SC)n1. The molecule has 1 heterocycles. The normalized spacial score (nSPS) is 16.4. The molecule has 0 spiro atoms. The van der Waals surface area contributed by atoms with Crippen LogP contribution in [-0.2, 0) is 0 Å². The Hall–Kier alpha value is -0.970. The molecular formula is C13H22N4S. The lowest BCUT2D eigenvalue weighted by Crippen LogP contribution is -2.14. The number of nitrogens with zero attached hydrogens (tertiary/aromatic N) is 2. The molecule has 1 saturated carbocycles. The van der Waals surface area contributed by atoms with Crippen molar-refractivity contribution in [1.29, 1.82) is 0 Å². The van der Waals surface area contributed by atoms with E-state index >= 15 is 0 Å². The van der Waals surface area contributed by atoms with Crippen LogP contribution in [0.5, 0.6) is 0 Å².